The first kappa shape index (κ1) is 10.8. The van der Waals surface area contributed by atoms with Crippen molar-refractivity contribution < 1.29 is 9.18 Å². The third-order valence-electron chi connectivity index (χ3n) is 4.06. The second-order valence-corrected chi connectivity index (χ2v) is 5.13. The van der Waals surface area contributed by atoms with E-state index in [0.717, 1.165) is 5.56 Å². The zero-order valence-electron chi connectivity index (χ0n) is 9.71. The molecule has 1 aromatic carbocycles. The van der Waals surface area contributed by atoms with Crippen molar-refractivity contribution in [2.24, 2.45) is 5.92 Å². The number of hydrogen-bond acceptors (Lipinski definition) is 1. The molecule has 1 amide bonds. The normalized spacial score (nSPS) is 24.5. The predicted octanol–water partition coefficient (Wildman–Crippen LogP) is 3.44. The van der Waals surface area contributed by atoms with Crippen LogP contribution in [-0.4, -0.2) is 5.91 Å². The largest absolute Gasteiger partial charge is 0.326 e. The molecule has 1 atom stereocenters. The Morgan fingerprint density at radius 1 is 1.24 bits per heavy atom. The van der Waals surface area contributed by atoms with E-state index in [-0.39, 0.29) is 11.7 Å². The van der Waals surface area contributed by atoms with Gasteiger partial charge < -0.3 is 5.32 Å². The molecular formula is C14H16FNO. The maximum Gasteiger partial charge on any atom is 0.225 e. The lowest BCUT2D eigenvalue weighted by Crippen LogP contribution is -2.26. The highest BCUT2D eigenvalue weighted by molar-refractivity contribution is 5.94. The van der Waals surface area contributed by atoms with Crippen molar-refractivity contribution in [3.05, 3.63) is 29.6 Å². The summed E-state index contributed by atoms with van der Waals surface area (Å²) in [5, 5.41) is 2.78. The second-order valence-electron chi connectivity index (χ2n) is 5.13. The van der Waals surface area contributed by atoms with Gasteiger partial charge in [-0.15, -0.1) is 0 Å². The van der Waals surface area contributed by atoms with Gasteiger partial charge in [0.1, 0.15) is 5.82 Å². The van der Waals surface area contributed by atoms with Gasteiger partial charge in [-0.2, -0.15) is 0 Å². The van der Waals surface area contributed by atoms with Crippen LogP contribution in [0.15, 0.2) is 18.2 Å². The minimum Gasteiger partial charge on any atom is -0.326 e. The van der Waals surface area contributed by atoms with Crippen molar-refractivity contribution in [3.8, 4) is 0 Å². The maximum absolute atomic E-state index is 13.2. The first-order valence-electron chi connectivity index (χ1n) is 6.33. The molecule has 1 fully saturated rings. The van der Waals surface area contributed by atoms with Gasteiger partial charge in [-0.3, -0.25) is 4.79 Å². The Morgan fingerprint density at radius 2 is 2.00 bits per heavy atom. The first-order valence-corrected chi connectivity index (χ1v) is 6.33. The SMILES string of the molecule is O=C1CC(C2CCCC2)c2ccc(F)cc2N1. The van der Waals surface area contributed by atoms with Crippen LogP contribution in [0.5, 0.6) is 0 Å². The molecule has 0 bridgehead atoms. The van der Waals surface area contributed by atoms with Crippen LogP contribution in [-0.2, 0) is 4.79 Å². The highest BCUT2D eigenvalue weighted by Gasteiger charge is 2.33. The fourth-order valence-corrected chi connectivity index (χ4v) is 3.25. The summed E-state index contributed by atoms with van der Waals surface area (Å²) in [6, 6.07) is 4.78. The Bertz CT molecular complexity index is 452. The Hall–Kier alpha value is -1.38. The van der Waals surface area contributed by atoms with Gasteiger partial charge in [-0.25, -0.2) is 4.39 Å². The lowest BCUT2D eigenvalue weighted by Gasteiger charge is -2.29. The Balaban J connectivity index is 1.98. The number of rotatable bonds is 1. The molecule has 0 radical (unpaired) electrons. The highest BCUT2D eigenvalue weighted by Crippen LogP contribution is 2.44. The van der Waals surface area contributed by atoms with E-state index in [1.54, 1.807) is 0 Å². The number of fused-ring (bicyclic) bond motifs is 1. The summed E-state index contributed by atoms with van der Waals surface area (Å²) in [6.45, 7) is 0. The number of carbonyl (C=O) groups is 1. The molecule has 3 heteroatoms. The van der Waals surface area contributed by atoms with E-state index in [1.165, 1.54) is 37.8 Å². The van der Waals surface area contributed by atoms with E-state index in [9.17, 15) is 9.18 Å². The molecule has 0 saturated heterocycles. The zero-order valence-corrected chi connectivity index (χ0v) is 9.71. The number of anilines is 1. The fraction of sp³-hybridized carbons (Fsp3) is 0.500. The third kappa shape index (κ3) is 1.94. The van der Waals surface area contributed by atoms with Crippen molar-refractivity contribution in [1.82, 2.24) is 0 Å². The molecule has 1 aromatic rings. The monoisotopic (exact) mass is 233 g/mol. The summed E-state index contributed by atoms with van der Waals surface area (Å²) in [7, 11) is 0. The van der Waals surface area contributed by atoms with Gasteiger partial charge in [0.2, 0.25) is 5.91 Å². The van der Waals surface area contributed by atoms with Crippen LogP contribution in [0.4, 0.5) is 10.1 Å². The molecule has 1 heterocycles. The minimum atomic E-state index is -0.281. The molecule has 1 aliphatic carbocycles. The fourth-order valence-electron chi connectivity index (χ4n) is 3.25. The van der Waals surface area contributed by atoms with Gasteiger partial charge in [0.25, 0.3) is 0 Å². The van der Waals surface area contributed by atoms with Crippen LogP contribution in [0, 0.1) is 11.7 Å². The topological polar surface area (TPSA) is 29.1 Å². The van der Waals surface area contributed by atoms with Crippen molar-refractivity contribution in [3.63, 3.8) is 0 Å². The average molecular weight is 233 g/mol. The van der Waals surface area contributed by atoms with E-state index in [4.69, 9.17) is 0 Å². The average Bonchev–Trinajstić information content (AvgIpc) is 2.80. The molecule has 90 valence electrons. The summed E-state index contributed by atoms with van der Waals surface area (Å²) in [6.07, 6.45) is 5.49. The summed E-state index contributed by atoms with van der Waals surface area (Å²) in [5.41, 5.74) is 1.80. The Kier molecular flexibility index (Phi) is 2.61. The first-order chi connectivity index (χ1) is 8.24. The van der Waals surface area contributed by atoms with Gasteiger partial charge in [0.15, 0.2) is 0 Å². The summed E-state index contributed by atoms with van der Waals surface area (Å²) in [5.74, 6) is 0.642. The van der Waals surface area contributed by atoms with Gasteiger partial charge >= 0.3 is 0 Å². The van der Waals surface area contributed by atoms with Gasteiger partial charge in [0, 0.05) is 12.1 Å². The Morgan fingerprint density at radius 3 is 2.76 bits per heavy atom. The molecule has 17 heavy (non-hydrogen) atoms. The molecule has 1 unspecified atom stereocenters. The molecular weight excluding hydrogens is 217 g/mol. The quantitative estimate of drug-likeness (QED) is 0.791. The Labute approximate surface area is 100 Å². The van der Waals surface area contributed by atoms with E-state index >= 15 is 0 Å². The molecule has 3 rings (SSSR count). The number of nitrogens with one attached hydrogen (secondary N) is 1. The van der Waals surface area contributed by atoms with E-state index in [1.807, 2.05) is 6.07 Å². The van der Waals surface area contributed by atoms with E-state index < -0.39 is 0 Å². The van der Waals surface area contributed by atoms with Crippen molar-refractivity contribution in [2.45, 2.75) is 38.0 Å². The van der Waals surface area contributed by atoms with Crippen LogP contribution >= 0.6 is 0 Å². The van der Waals surface area contributed by atoms with Crippen LogP contribution in [0.1, 0.15) is 43.6 Å². The van der Waals surface area contributed by atoms with Gasteiger partial charge in [-0.1, -0.05) is 18.9 Å². The number of carbonyl (C=O) groups excluding carboxylic acids is 1. The lowest BCUT2D eigenvalue weighted by molar-refractivity contribution is -0.117. The van der Waals surface area contributed by atoms with Crippen LogP contribution in [0.25, 0.3) is 0 Å². The summed E-state index contributed by atoms with van der Waals surface area (Å²) < 4.78 is 13.2. The minimum absolute atomic E-state index is 0.0278. The lowest BCUT2D eigenvalue weighted by atomic mass is 9.79. The molecule has 1 aliphatic heterocycles. The zero-order chi connectivity index (χ0) is 11.8. The molecule has 2 nitrogen and oxygen atoms in total. The van der Waals surface area contributed by atoms with Crippen molar-refractivity contribution >= 4 is 11.6 Å². The smallest absolute Gasteiger partial charge is 0.225 e. The molecule has 2 aliphatic rings. The molecule has 0 spiro atoms. The van der Waals surface area contributed by atoms with Crippen LogP contribution < -0.4 is 5.32 Å². The van der Waals surface area contributed by atoms with Gasteiger partial charge in [-0.05, 0) is 42.4 Å². The number of hydrogen-bond donors (Lipinski definition) is 1. The standard InChI is InChI=1S/C14H16FNO/c15-10-5-6-11-12(9-3-1-2-4-9)8-14(17)16-13(11)7-10/h5-7,9,12H,1-4,8H2,(H,16,17). The van der Waals surface area contributed by atoms with Gasteiger partial charge in [0.05, 0.1) is 0 Å². The molecule has 1 N–H and O–H groups in total. The van der Waals surface area contributed by atoms with Crippen LogP contribution in [0.2, 0.25) is 0 Å². The molecule has 1 saturated carbocycles. The van der Waals surface area contributed by atoms with Crippen molar-refractivity contribution in [2.75, 3.05) is 5.32 Å². The number of halogens is 1. The summed E-state index contributed by atoms with van der Waals surface area (Å²) in [4.78, 5) is 11.7. The van der Waals surface area contributed by atoms with Crippen LogP contribution in [0.3, 0.4) is 0 Å². The van der Waals surface area contributed by atoms with Crippen molar-refractivity contribution in [1.29, 1.82) is 0 Å². The van der Waals surface area contributed by atoms with E-state index in [2.05, 4.69) is 5.32 Å². The third-order valence-corrected chi connectivity index (χ3v) is 4.06. The molecule has 0 aromatic heterocycles. The summed E-state index contributed by atoms with van der Waals surface area (Å²) >= 11 is 0. The second kappa shape index (κ2) is 4.13. The number of benzene rings is 1. The maximum atomic E-state index is 13.2. The highest BCUT2D eigenvalue weighted by atomic mass is 19.1. The van der Waals surface area contributed by atoms with E-state index in [0.29, 0.717) is 23.9 Å². The predicted molar refractivity (Wildman–Crippen MR) is 64.3 cm³/mol. The number of amides is 1.